The third-order valence-electron chi connectivity index (χ3n) is 5.13. The van der Waals surface area contributed by atoms with Gasteiger partial charge in [-0.25, -0.2) is 4.79 Å². The van der Waals surface area contributed by atoms with Crippen LogP contribution in [0, 0.1) is 22.7 Å². The molecule has 1 heterocycles. The number of halogens is 1. The molecule has 0 amide bonds. The first-order chi connectivity index (χ1) is 16.9. The minimum atomic E-state index is -0.721. The van der Waals surface area contributed by atoms with Crippen LogP contribution in [0.15, 0.2) is 40.1 Å². The molecule has 0 atom stereocenters. The van der Waals surface area contributed by atoms with E-state index in [9.17, 15) is 15.3 Å². The van der Waals surface area contributed by atoms with Crippen molar-refractivity contribution < 1.29 is 9.53 Å². The summed E-state index contributed by atoms with van der Waals surface area (Å²) >= 11 is 7.43. The molecule has 0 aliphatic heterocycles. The van der Waals surface area contributed by atoms with E-state index in [2.05, 4.69) is 35.9 Å². The molecule has 0 aliphatic rings. The lowest BCUT2D eigenvalue weighted by molar-refractivity contribution is -0.138. The van der Waals surface area contributed by atoms with Crippen LogP contribution in [0.25, 0.3) is 6.08 Å². The van der Waals surface area contributed by atoms with Crippen molar-refractivity contribution >= 4 is 51.4 Å². The van der Waals surface area contributed by atoms with E-state index in [1.807, 2.05) is 43.3 Å². The molecular formula is C26H30ClN5O2S. The summed E-state index contributed by atoms with van der Waals surface area (Å²) in [6, 6.07) is 12.0. The first-order valence-corrected chi connectivity index (χ1v) is 12.8. The lowest BCUT2D eigenvalue weighted by Gasteiger charge is -2.29. The van der Waals surface area contributed by atoms with Crippen molar-refractivity contribution in [3.05, 3.63) is 45.3 Å². The van der Waals surface area contributed by atoms with Crippen LogP contribution in [0.2, 0.25) is 5.02 Å². The van der Waals surface area contributed by atoms with E-state index in [0.717, 1.165) is 42.8 Å². The molecular weight excluding hydrogens is 482 g/mol. The number of esters is 1. The van der Waals surface area contributed by atoms with Crippen molar-refractivity contribution in [3.8, 4) is 12.1 Å². The molecule has 0 saturated carbocycles. The summed E-state index contributed by atoms with van der Waals surface area (Å²) in [5, 5.41) is 27.8. The average Bonchev–Trinajstić information content (AvgIpc) is 3.15. The van der Waals surface area contributed by atoms with Crippen LogP contribution in [-0.4, -0.2) is 25.2 Å². The topological polar surface area (TPSA) is 102 Å². The van der Waals surface area contributed by atoms with E-state index in [4.69, 9.17) is 16.3 Å². The maximum absolute atomic E-state index is 12.2. The van der Waals surface area contributed by atoms with Crippen LogP contribution in [-0.2, 0) is 9.53 Å². The first-order valence-electron chi connectivity index (χ1n) is 11.7. The van der Waals surface area contributed by atoms with Gasteiger partial charge in [0.25, 0.3) is 0 Å². The van der Waals surface area contributed by atoms with E-state index in [1.165, 1.54) is 6.08 Å². The van der Waals surface area contributed by atoms with Crippen LogP contribution >= 0.6 is 22.9 Å². The number of nitrogens with zero attached hydrogens (tertiary/aromatic N) is 5. The Balaban J connectivity index is 2.26. The number of anilines is 1. The Hall–Kier alpha value is -3.20. The third-order valence-corrected chi connectivity index (χ3v) is 6.65. The summed E-state index contributed by atoms with van der Waals surface area (Å²) in [6.45, 7) is 9.71. The van der Waals surface area contributed by atoms with Gasteiger partial charge >= 0.3 is 5.97 Å². The number of benzene rings is 1. The van der Waals surface area contributed by atoms with E-state index in [1.54, 1.807) is 0 Å². The number of hydrogen-bond acceptors (Lipinski definition) is 8. The molecule has 0 unspecified atom stereocenters. The highest BCUT2D eigenvalue weighted by Crippen LogP contribution is 2.40. The number of hydrogen-bond donors (Lipinski definition) is 0. The Kier molecular flexibility index (Phi) is 11.4. The molecule has 1 aromatic heterocycles. The number of ether oxygens (including phenoxy) is 1. The Bertz CT molecular complexity index is 1140. The Morgan fingerprint density at radius 2 is 1.86 bits per heavy atom. The lowest BCUT2D eigenvalue weighted by Crippen LogP contribution is -2.31. The summed E-state index contributed by atoms with van der Waals surface area (Å²) in [5.41, 5.74) is 1.71. The summed E-state index contributed by atoms with van der Waals surface area (Å²) in [6.07, 6.45) is 5.16. The first kappa shape index (κ1) is 28.0. The third kappa shape index (κ3) is 7.92. The molecule has 0 aliphatic carbocycles. The molecule has 0 fully saturated rings. The number of thiophene rings is 1. The van der Waals surface area contributed by atoms with E-state index in [0.29, 0.717) is 28.0 Å². The zero-order valence-corrected chi connectivity index (χ0v) is 22.1. The maximum atomic E-state index is 12.2. The summed E-state index contributed by atoms with van der Waals surface area (Å²) in [4.78, 5) is 14.9. The summed E-state index contributed by atoms with van der Waals surface area (Å²) < 4.78 is 5.10. The van der Waals surface area contributed by atoms with Gasteiger partial charge in [0.05, 0.1) is 22.2 Å². The van der Waals surface area contributed by atoms with Crippen LogP contribution in [0.5, 0.6) is 0 Å². The van der Waals surface area contributed by atoms with Crippen LogP contribution in [0.1, 0.15) is 63.8 Å². The predicted octanol–water partition coefficient (Wildman–Crippen LogP) is 7.95. The molecule has 184 valence electrons. The zero-order chi connectivity index (χ0) is 25.8. The zero-order valence-electron chi connectivity index (χ0n) is 20.5. The second-order valence-corrected chi connectivity index (χ2v) is 9.50. The number of carbonyl (C=O) groups is 1. The second-order valence-electron chi connectivity index (χ2n) is 8.09. The quantitative estimate of drug-likeness (QED) is 0.0945. The fourth-order valence-corrected chi connectivity index (χ4v) is 4.43. The SMILES string of the molecule is CCCCOC(=O)/C(C#N)=C/c1sc(/N=N/c2ccc(N(CCCC)C(C)C)cc2)c(C#N)c1Cl. The van der Waals surface area contributed by atoms with Gasteiger partial charge in [-0.15, -0.1) is 21.6 Å². The molecule has 2 rings (SSSR count). The van der Waals surface area contributed by atoms with Crippen molar-refractivity contribution in [2.45, 2.75) is 59.4 Å². The fraction of sp³-hybridized carbons (Fsp3) is 0.423. The van der Waals surface area contributed by atoms with E-state index < -0.39 is 5.97 Å². The Labute approximate surface area is 216 Å². The highest BCUT2D eigenvalue weighted by molar-refractivity contribution is 7.17. The largest absolute Gasteiger partial charge is 0.462 e. The number of rotatable bonds is 12. The molecule has 1 aromatic carbocycles. The van der Waals surface area contributed by atoms with Crippen molar-refractivity contribution in [3.63, 3.8) is 0 Å². The Morgan fingerprint density at radius 1 is 1.17 bits per heavy atom. The van der Waals surface area contributed by atoms with Crippen molar-refractivity contribution in [1.82, 2.24) is 0 Å². The lowest BCUT2D eigenvalue weighted by atomic mass is 10.2. The van der Waals surface area contributed by atoms with Crippen LogP contribution < -0.4 is 4.90 Å². The van der Waals surface area contributed by atoms with Gasteiger partial charge in [0.15, 0.2) is 5.00 Å². The molecule has 7 nitrogen and oxygen atoms in total. The number of unbranched alkanes of at least 4 members (excludes halogenated alkanes) is 2. The van der Waals surface area contributed by atoms with Crippen molar-refractivity contribution in [2.75, 3.05) is 18.1 Å². The van der Waals surface area contributed by atoms with Gasteiger partial charge in [-0.2, -0.15) is 10.5 Å². The minimum absolute atomic E-state index is 0.124. The second kappa shape index (κ2) is 14.3. The molecule has 35 heavy (non-hydrogen) atoms. The van der Waals surface area contributed by atoms with Crippen LogP contribution in [0.3, 0.4) is 0 Å². The van der Waals surface area contributed by atoms with Gasteiger partial charge in [0.2, 0.25) is 0 Å². The average molecular weight is 512 g/mol. The fourth-order valence-electron chi connectivity index (χ4n) is 3.16. The molecule has 0 radical (unpaired) electrons. The van der Waals surface area contributed by atoms with Crippen molar-refractivity contribution in [1.29, 1.82) is 10.5 Å². The van der Waals surface area contributed by atoms with Gasteiger partial charge in [0, 0.05) is 18.3 Å². The molecule has 9 heteroatoms. The number of carbonyl (C=O) groups excluding carboxylic acids is 1. The van der Waals surface area contributed by atoms with Gasteiger partial charge in [-0.1, -0.05) is 38.3 Å². The highest BCUT2D eigenvalue weighted by Gasteiger charge is 2.19. The molecule has 0 spiro atoms. The van der Waals surface area contributed by atoms with Crippen molar-refractivity contribution in [2.24, 2.45) is 10.2 Å². The molecule has 0 saturated heterocycles. The number of nitriles is 2. The molecule has 0 bridgehead atoms. The van der Waals surface area contributed by atoms with E-state index in [-0.39, 0.29) is 22.8 Å². The monoisotopic (exact) mass is 511 g/mol. The van der Waals surface area contributed by atoms with Gasteiger partial charge in [-0.3, -0.25) is 0 Å². The van der Waals surface area contributed by atoms with Crippen LogP contribution in [0.4, 0.5) is 16.4 Å². The number of azo groups is 1. The predicted molar refractivity (Wildman–Crippen MR) is 142 cm³/mol. The summed E-state index contributed by atoms with van der Waals surface area (Å²) in [5.74, 6) is -0.721. The highest BCUT2D eigenvalue weighted by atomic mass is 35.5. The van der Waals surface area contributed by atoms with Gasteiger partial charge < -0.3 is 9.64 Å². The summed E-state index contributed by atoms with van der Waals surface area (Å²) in [7, 11) is 0. The normalized spacial score (nSPS) is 11.5. The van der Waals surface area contributed by atoms with E-state index >= 15 is 0 Å². The molecule has 0 N–H and O–H groups in total. The maximum Gasteiger partial charge on any atom is 0.348 e. The minimum Gasteiger partial charge on any atom is -0.462 e. The molecule has 2 aromatic rings. The standard InChI is InChI=1S/C26H30ClN5O2S/c1-5-7-13-32(18(3)4)21-11-9-20(10-12-21)30-31-25-22(17-29)24(27)23(35-25)15-19(16-28)26(33)34-14-8-6-2/h9-12,15,18H,5-8,13-14H2,1-4H3/b19-15+,31-30+. The van der Waals surface area contributed by atoms with Gasteiger partial charge in [-0.05, 0) is 57.0 Å². The van der Waals surface area contributed by atoms with Gasteiger partial charge in [0.1, 0.15) is 23.3 Å². The smallest absolute Gasteiger partial charge is 0.348 e. The Morgan fingerprint density at radius 3 is 2.43 bits per heavy atom.